The Kier molecular flexibility index (Phi) is 5.45. The van der Waals surface area contributed by atoms with E-state index in [0.29, 0.717) is 12.1 Å². The van der Waals surface area contributed by atoms with E-state index in [1.165, 1.54) is 11.6 Å². The second-order valence-electron chi connectivity index (χ2n) is 4.98. The van der Waals surface area contributed by atoms with Crippen molar-refractivity contribution in [3.05, 3.63) is 69.4 Å². The molecule has 0 saturated carbocycles. The summed E-state index contributed by atoms with van der Waals surface area (Å²) in [6, 6.07) is 13.1. The lowest BCUT2D eigenvalue weighted by Crippen LogP contribution is -2.18. The molecule has 2 nitrogen and oxygen atoms in total. The van der Waals surface area contributed by atoms with Gasteiger partial charge in [0.05, 0.1) is 0 Å². The van der Waals surface area contributed by atoms with Gasteiger partial charge in [-0.1, -0.05) is 46.3 Å². The Hall–Kier alpha value is -1.30. The zero-order valence-electron chi connectivity index (χ0n) is 11.6. The van der Waals surface area contributed by atoms with Crippen LogP contribution in [0, 0.1) is 5.82 Å². The number of halogens is 2. The van der Waals surface area contributed by atoms with Crippen LogP contribution in [0.4, 0.5) is 4.39 Å². The first-order valence-corrected chi connectivity index (χ1v) is 7.67. The Morgan fingerprint density at radius 1 is 1.14 bits per heavy atom. The highest BCUT2D eigenvalue weighted by molar-refractivity contribution is 9.10. The first-order chi connectivity index (χ1) is 9.95. The molecule has 0 radical (unpaired) electrons. The predicted octanol–water partition coefficient (Wildman–Crippen LogP) is 3.85. The van der Waals surface area contributed by atoms with Crippen LogP contribution < -0.4 is 5.73 Å². The van der Waals surface area contributed by atoms with Crippen LogP contribution in [0.25, 0.3) is 0 Å². The number of hydrogen-bond donors (Lipinski definition) is 1. The number of rotatable bonds is 5. The van der Waals surface area contributed by atoms with E-state index in [1.807, 2.05) is 19.2 Å². The molecule has 0 aliphatic rings. The number of hydrogen-bond acceptors (Lipinski definition) is 2. The van der Waals surface area contributed by atoms with Crippen LogP contribution >= 0.6 is 28.1 Å². The van der Waals surface area contributed by atoms with Crippen LogP contribution in [-0.4, -0.2) is 16.9 Å². The molecule has 21 heavy (non-hydrogen) atoms. The van der Waals surface area contributed by atoms with Crippen LogP contribution in [0.5, 0.6) is 0 Å². The van der Waals surface area contributed by atoms with E-state index in [2.05, 4.69) is 33.0 Å². The van der Waals surface area contributed by atoms with E-state index < -0.39 is 0 Å². The summed E-state index contributed by atoms with van der Waals surface area (Å²) in [6.45, 7) is 1.51. The molecule has 0 saturated heterocycles. The van der Waals surface area contributed by atoms with E-state index in [9.17, 15) is 4.39 Å². The lowest BCUT2D eigenvalue weighted by molar-refractivity contribution is 0.319. The van der Waals surface area contributed by atoms with Gasteiger partial charge in [0.1, 0.15) is 10.8 Å². The summed E-state index contributed by atoms with van der Waals surface area (Å²) in [7, 11) is 2.02. The summed E-state index contributed by atoms with van der Waals surface area (Å²) in [5.74, 6) is -0.373. The van der Waals surface area contributed by atoms with Crippen molar-refractivity contribution in [2.45, 2.75) is 13.1 Å². The predicted molar refractivity (Wildman–Crippen MR) is 91.6 cm³/mol. The fraction of sp³-hybridized carbons (Fsp3) is 0.188. The van der Waals surface area contributed by atoms with Gasteiger partial charge in [0.2, 0.25) is 0 Å². The van der Waals surface area contributed by atoms with E-state index in [-0.39, 0.29) is 10.8 Å². The summed E-state index contributed by atoms with van der Waals surface area (Å²) >= 11 is 8.28. The molecule has 110 valence electrons. The molecule has 0 aliphatic heterocycles. The number of thiocarbonyl (C=S) groups is 1. The lowest BCUT2D eigenvalue weighted by atomic mass is 10.1. The number of benzene rings is 2. The summed E-state index contributed by atoms with van der Waals surface area (Å²) in [5, 5.41) is 0. The largest absolute Gasteiger partial charge is 0.389 e. The Labute approximate surface area is 137 Å². The quantitative estimate of drug-likeness (QED) is 0.814. The Balaban J connectivity index is 2.05. The summed E-state index contributed by atoms with van der Waals surface area (Å²) < 4.78 is 14.6. The number of nitrogens with two attached hydrogens (primary N) is 1. The SMILES string of the molecule is CN(Cc1ccc(Br)cc1)Cc1ccc(F)c(C(N)=S)c1. The van der Waals surface area contributed by atoms with Gasteiger partial charge >= 0.3 is 0 Å². The van der Waals surface area contributed by atoms with Crippen molar-refractivity contribution in [2.24, 2.45) is 5.73 Å². The van der Waals surface area contributed by atoms with E-state index in [4.69, 9.17) is 18.0 Å². The fourth-order valence-corrected chi connectivity index (χ4v) is 2.55. The van der Waals surface area contributed by atoms with Crippen molar-refractivity contribution in [3.63, 3.8) is 0 Å². The molecule has 2 rings (SSSR count). The minimum atomic E-state index is -0.373. The lowest BCUT2D eigenvalue weighted by Gasteiger charge is -2.17. The molecule has 5 heteroatoms. The van der Waals surface area contributed by atoms with Gasteiger partial charge in [-0.05, 0) is 42.4 Å². The second kappa shape index (κ2) is 7.11. The van der Waals surface area contributed by atoms with Gasteiger partial charge in [-0.3, -0.25) is 4.90 Å². The molecule has 0 heterocycles. The van der Waals surface area contributed by atoms with E-state index >= 15 is 0 Å². The molecule has 0 bridgehead atoms. The Morgan fingerprint density at radius 3 is 2.33 bits per heavy atom. The van der Waals surface area contributed by atoms with Crippen molar-refractivity contribution in [3.8, 4) is 0 Å². The maximum atomic E-state index is 13.6. The van der Waals surface area contributed by atoms with Gasteiger partial charge in [0.15, 0.2) is 0 Å². The van der Waals surface area contributed by atoms with Crippen LogP contribution in [-0.2, 0) is 13.1 Å². The van der Waals surface area contributed by atoms with Gasteiger partial charge in [0, 0.05) is 23.1 Å². The standard InChI is InChI=1S/C16H16BrFN2S/c1-20(9-11-2-5-13(17)6-3-11)10-12-4-7-15(18)14(8-12)16(19)21/h2-8H,9-10H2,1H3,(H2,19,21). The van der Waals surface area contributed by atoms with E-state index in [0.717, 1.165) is 16.6 Å². The molecular formula is C16H16BrFN2S. The third-order valence-electron chi connectivity index (χ3n) is 3.11. The van der Waals surface area contributed by atoms with Gasteiger partial charge in [-0.2, -0.15) is 0 Å². The molecule has 0 fully saturated rings. The highest BCUT2D eigenvalue weighted by atomic mass is 79.9. The third-order valence-corrected chi connectivity index (χ3v) is 3.86. The molecule has 0 unspecified atom stereocenters. The maximum absolute atomic E-state index is 13.6. The van der Waals surface area contributed by atoms with Crippen LogP contribution in [0.3, 0.4) is 0 Å². The van der Waals surface area contributed by atoms with E-state index in [1.54, 1.807) is 12.1 Å². The Bertz CT molecular complexity index is 643. The monoisotopic (exact) mass is 366 g/mol. The fourth-order valence-electron chi connectivity index (χ4n) is 2.13. The van der Waals surface area contributed by atoms with Gasteiger partial charge in [0.25, 0.3) is 0 Å². The molecule has 2 aromatic carbocycles. The molecular weight excluding hydrogens is 351 g/mol. The van der Waals surface area contributed by atoms with Crippen molar-refractivity contribution in [1.82, 2.24) is 4.90 Å². The zero-order valence-corrected chi connectivity index (χ0v) is 14.0. The summed E-state index contributed by atoms with van der Waals surface area (Å²) in [6.07, 6.45) is 0. The number of nitrogens with zero attached hydrogens (tertiary/aromatic N) is 1. The Morgan fingerprint density at radius 2 is 1.71 bits per heavy atom. The van der Waals surface area contributed by atoms with Crippen molar-refractivity contribution < 1.29 is 4.39 Å². The van der Waals surface area contributed by atoms with Gasteiger partial charge in [-0.15, -0.1) is 0 Å². The molecule has 0 spiro atoms. The first kappa shape index (κ1) is 16.1. The third kappa shape index (κ3) is 4.59. The second-order valence-corrected chi connectivity index (χ2v) is 6.33. The van der Waals surface area contributed by atoms with Crippen molar-refractivity contribution in [1.29, 1.82) is 0 Å². The smallest absolute Gasteiger partial charge is 0.133 e. The van der Waals surface area contributed by atoms with Crippen molar-refractivity contribution in [2.75, 3.05) is 7.05 Å². The molecule has 2 N–H and O–H groups in total. The molecule has 0 aliphatic carbocycles. The topological polar surface area (TPSA) is 29.3 Å². The highest BCUT2D eigenvalue weighted by Gasteiger charge is 2.08. The minimum absolute atomic E-state index is 0.0879. The minimum Gasteiger partial charge on any atom is -0.389 e. The van der Waals surface area contributed by atoms with Gasteiger partial charge < -0.3 is 5.73 Å². The van der Waals surface area contributed by atoms with Crippen LogP contribution in [0.2, 0.25) is 0 Å². The normalized spacial score (nSPS) is 10.9. The average Bonchev–Trinajstić information content (AvgIpc) is 2.43. The van der Waals surface area contributed by atoms with Crippen molar-refractivity contribution >= 4 is 33.1 Å². The zero-order chi connectivity index (χ0) is 15.4. The molecule has 2 aromatic rings. The molecule has 0 atom stereocenters. The molecule has 0 aromatic heterocycles. The molecule has 0 amide bonds. The summed E-state index contributed by atoms with van der Waals surface area (Å²) in [5.41, 5.74) is 8.04. The van der Waals surface area contributed by atoms with Crippen LogP contribution in [0.1, 0.15) is 16.7 Å². The highest BCUT2D eigenvalue weighted by Crippen LogP contribution is 2.15. The maximum Gasteiger partial charge on any atom is 0.133 e. The first-order valence-electron chi connectivity index (χ1n) is 6.47. The average molecular weight is 367 g/mol. The van der Waals surface area contributed by atoms with Crippen LogP contribution in [0.15, 0.2) is 46.9 Å². The van der Waals surface area contributed by atoms with Gasteiger partial charge in [-0.25, -0.2) is 4.39 Å². The summed E-state index contributed by atoms with van der Waals surface area (Å²) in [4.78, 5) is 2.24.